The Kier molecular flexibility index (Phi) is 14.3. The molecular weight excluding hydrogens is 393 g/mol. The molecule has 0 aromatic carbocycles. The first kappa shape index (κ1) is 16.0. The molecule has 0 bridgehead atoms. The summed E-state index contributed by atoms with van der Waals surface area (Å²) in [5, 5.41) is 0. The maximum Gasteiger partial charge on any atom is 0 e. The molecule has 0 unspecified atom stereocenters. The van der Waals surface area contributed by atoms with Gasteiger partial charge in [0.05, 0.1) is 0 Å². The molecule has 1 radical (unpaired) electrons. The third-order valence-electron chi connectivity index (χ3n) is 0. The van der Waals surface area contributed by atoms with Gasteiger partial charge in [0, 0.05) is 32.7 Å². The van der Waals surface area contributed by atoms with Crippen LogP contribution >= 0.6 is 7.82 Å². The normalized spacial score (nSPS) is 8.43. The summed E-state index contributed by atoms with van der Waals surface area (Å²) in [4.78, 5) is 21.6. The summed E-state index contributed by atoms with van der Waals surface area (Å²) in [7, 11) is -4.64. The molecule has 0 rings (SSSR count). The average molecular weight is 399 g/mol. The van der Waals surface area contributed by atoms with Crippen molar-refractivity contribution in [1.82, 2.24) is 0 Å². The molecule has 0 aliphatic rings. The Bertz CT molecular complexity index is 57.8. The van der Waals surface area contributed by atoms with Crippen LogP contribution in [0.2, 0.25) is 0 Å². The van der Waals surface area contributed by atoms with Gasteiger partial charge < -0.3 is 14.7 Å². The van der Waals surface area contributed by atoms with Gasteiger partial charge in [-0.15, -0.1) is 0 Å². The van der Waals surface area contributed by atoms with Gasteiger partial charge in [-0.3, -0.25) is 0 Å². The van der Waals surface area contributed by atoms with Crippen molar-refractivity contribution in [3.05, 3.63) is 0 Å². The minimum atomic E-state index is -4.64. The summed E-state index contributed by atoms with van der Waals surface area (Å²) in [5.41, 5.74) is 0. The van der Waals surface area contributed by atoms with E-state index in [1.54, 1.807) is 0 Å². The molecule has 7 heavy (non-hydrogen) atoms. The van der Waals surface area contributed by atoms with E-state index < -0.39 is 7.82 Å². The summed E-state index contributed by atoms with van der Waals surface area (Å²) in [6.07, 6.45) is 0. The molecule has 4 nitrogen and oxygen atoms in total. The van der Waals surface area contributed by atoms with Crippen molar-refractivity contribution < 1.29 is 52.0 Å². The zero-order valence-corrected chi connectivity index (χ0v) is 12.7. The van der Waals surface area contributed by atoms with Crippen molar-refractivity contribution in [2.45, 2.75) is 0 Å². The van der Waals surface area contributed by atoms with Gasteiger partial charge in [0.15, 0.2) is 0 Å². The van der Waals surface area contributed by atoms with Gasteiger partial charge in [-0.1, -0.05) is 0 Å². The molecular formula is H6BiO4PY. The van der Waals surface area contributed by atoms with Crippen LogP contribution in [-0.4, -0.2) is 40.9 Å². The minimum Gasteiger partial charge on any atom is 0 e. The SMILES string of the molecule is O=P(O)(O)O.[BiH3].[Y]. The van der Waals surface area contributed by atoms with Crippen LogP contribution in [-0.2, 0) is 37.3 Å². The van der Waals surface area contributed by atoms with E-state index in [1.165, 1.54) is 0 Å². The van der Waals surface area contributed by atoms with Gasteiger partial charge in [0.25, 0.3) is 0 Å². The van der Waals surface area contributed by atoms with Gasteiger partial charge in [0.1, 0.15) is 0 Å². The van der Waals surface area contributed by atoms with Crippen LogP contribution in [0.4, 0.5) is 0 Å². The van der Waals surface area contributed by atoms with Crippen LogP contribution in [0, 0.1) is 0 Å². The van der Waals surface area contributed by atoms with Gasteiger partial charge in [0.2, 0.25) is 0 Å². The Morgan fingerprint density at radius 2 is 1.14 bits per heavy atom. The van der Waals surface area contributed by atoms with Crippen LogP contribution in [0.3, 0.4) is 0 Å². The predicted octanol–water partition coefficient (Wildman–Crippen LogP) is -2.12. The molecule has 0 aliphatic heterocycles. The van der Waals surface area contributed by atoms with Crippen molar-refractivity contribution in [3.8, 4) is 0 Å². The Morgan fingerprint density at radius 1 is 1.14 bits per heavy atom. The third-order valence-corrected chi connectivity index (χ3v) is 0. The molecule has 0 aliphatic carbocycles. The zero-order chi connectivity index (χ0) is 4.50. The average Bonchev–Trinajstić information content (AvgIpc) is 0.722. The molecule has 0 aromatic rings. The van der Waals surface area contributed by atoms with E-state index in [0.29, 0.717) is 0 Å². The Labute approximate surface area is 84.9 Å². The van der Waals surface area contributed by atoms with Crippen molar-refractivity contribution in [2.24, 2.45) is 0 Å². The van der Waals surface area contributed by atoms with Gasteiger partial charge in [-0.05, 0) is 0 Å². The van der Waals surface area contributed by atoms with Crippen LogP contribution in [0.5, 0.6) is 0 Å². The smallest absolute Gasteiger partial charge is 0 e. The molecule has 0 saturated heterocycles. The Hall–Kier alpha value is 2.10. The summed E-state index contributed by atoms with van der Waals surface area (Å²) < 4.78 is 8.88. The molecule has 0 heterocycles. The summed E-state index contributed by atoms with van der Waals surface area (Å²) in [6.45, 7) is 0. The Morgan fingerprint density at radius 3 is 1.14 bits per heavy atom. The number of phosphoric acid groups is 1. The fourth-order valence-electron chi connectivity index (χ4n) is 0. The molecule has 0 fully saturated rings. The molecule has 0 aromatic heterocycles. The first-order valence-electron chi connectivity index (χ1n) is 0.783. The van der Waals surface area contributed by atoms with Gasteiger partial charge >= 0.3 is 34.0 Å². The van der Waals surface area contributed by atoms with Crippen LogP contribution in [0.15, 0.2) is 0 Å². The van der Waals surface area contributed by atoms with Crippen LogP contribution in [0.25, 0.3) is 0 Å². The largest absolute Gasteiger partial charge is 0 e. The van der Waals surface area contributed by atoms with E-state index in [1.807, 2.05) is 0 Å². The first-order chi connectivity index (χ1) is 2.00. The topological polar surface area (TPSA) is 77.8 Å². The third kappa shape index (κ3) is 68.4. The monoisotopic (exact) mass is 399 g/mol. The zero-order valence-electron chi connectivity index (χ0n) is 3.48. The van der Waals surface area contributed by atoms with E-state index in [-0.39, 0.29) is 58.9 Å². The van der Waals surface area contributed by atoms with E-state index in [0.717, 1.165) is 0 Å². The van der Waals surface area contributed by atoms with Crippen LogP contribution in [0.1, 0.15) is 0 Å². The summed E-state index contributed by atoms with van der Waals surface area (Å²) in [5.74, 6) is 0. The first-order valence-corrected chi connectivity index (χ1v) is 2.35. The van der Waals surface area contributed by atoms with Crippen molar-refractivity contribution >= 4 is 34.0 Å². The van der Waals surface area contributed by atoms with E-state index in [9.17, 15) is 0 Å². The van der Waals surface area contributed by atoms with Gasteiger partial charge in [-0.25, -0.2) is 4.57 Å². The molecule has 43 valence electrons. The minimum absolute atomic E-state index is 0. The van der Waals surface area contributed by atoms with Crippen molar-refractivity contribution in [1.29, 1.82) is 0 Å². The van der Waals surface area contributed by atoms with E-state index in [2.05, 4.69) is 0 Å². The fourth-order valence-corrected chi connectivity index (χ4v) is 0. The molecule has 0 saturated carbocycles. The van der Waals surface area contributed by atoms with Crippen molar-refractivity contribution in [2.75, 3.05) is 0 Å². The van der Waals surface area contributed by atoms with Gasteiger partial charge in [-0.2, -0.15) is 0 Å². The van der Waals surface area contributed by atoms with Crippen LogP contribution < -0.4 is 0 Å². The molecule has 0 atom stereocenters. The van der Waals surface area contributed by atoms with E-state index in [4.69, 9.17) is 19.2 Å². The quantitative estimate of drug-likeness (QED) is 0.322. The number of hydrogen-bond donors (Lipinski definition) is 3. The number of rotatable bonds is 0. The molecule has 0 amide bonds. The second-order valence-electron chi connectivity index (χ2n) is 0.513. The summed E-state index contributed by atoms with van der Waals surface area (Å²) in [6, 6.07) is 0. The van der Waals surface area contributed by atoms with Crippen molar-refractivity contribution in [3.63, 3.8) is 0 Å². The summed E-state index contributed by atoms with van der Waals surface area (Å²) >= 11 is 0. The second-order valence-corrected chi connectivity index (χ2v) is 1.54. The molecule has 7 heteroatoms. The fraction of sp³-hybridized carbons (Fsp3) is 0. The molecule has 0 spiro atoms. The maximum absolute atomic E-state index is 8.88. The number of hydrogen-bond acceptors (Lipinski definition) is 1. The second kappa shape index (κ2) is 6.22. The predicted molar refractivity (Wildman–Crippen MR) is 24.2 cm³/mol. The van der Waals surface area contributed by atoms with E-state index >= 15 is 0 Å². The standard InChI is InChI=1S/Bi.H3O4P.Y.3H/c;1-5(2,3)4;;;;/h;(H3,1,2,3,4);;;;. The molecule has 3 N–H and O–H groups in total. The Balaban J connectivity index is -0.0000000800. The maximum atomic E-state index is 8.88.